The zero-order valence-electron chi connectivity index (χ0n) is 11.2. The Morgan fingerprint density at radius 2 is 2.05 bits per heavy atom. The molecule has 2 N–H and O–H groups in total. The van der Waals surface area contributed by atoms with Crippen LogP contribution in [0.2, 0.25) is 0 Å². The van der Waals surface area contributed by atoms with Crippen LogP contribution in [0.3, 0.4) is 0 Å². The van der Waals surface area contributed by atoms with Gasteiger partial charge in [-0.1, -0.05) is 26.3 Å². The predicted molar refractivity (Wildman–Crippen MR) is 82.2 cm³/mol. The van der Waals surface area contributed by atoms with Gasteiger partial charge in [-0.05, 0) is 53.1 Å². The molecule has 2 atom stereocenters. The number of carbonyl (C=O) groups excluding carboxylic acids is 1. The zero-order chi connectivity index (χ0) is 14.6. The number of carboxylic acids is 1. The highest BCUT2D eigenvalue weighted by molar-refractivity contribution is 14.1. The van der Waals surface area contributed by atoms with Crippen LogP contribution in [0.4, 0.5) is 0 Å². The van der Waals surface area contributed by atoms with Crippen molar-refractivity contribution in [2.24, 2.45) is 5.92 Å². The highest BCUT2D eigenvalue weighted by atomic mass is 127. The van der Waals surface area contributed by atoms with Crippen molar-refractivity contribution in [1.82, 2.24) is 5.32 Å². The lowest BCUT2D eigenvalue weighted by Gasteiger charge is -2.20. The minimum absolute atomic E-state index is 0.107. The topological polar surface area (TPSA) is 66.4 Å². The molecule has 0 heterocycles. The third kappa shape index (κ3) is 3.92. The Bertz CT molecular complexity index is 488. The highest BCUT2D eigenvalue weighted by Crippen LogP contribution is 2.16. The summed E-state index contributed by atoms with van der Waals surface area (Å²) in [6.45, 7) is 5.58. The van der Waals surface area contributed by atoms with Crippen molar-refractivity contribution in [1.29, 1.82) is 0 Å². The maximum Gasteiger partial charge on any atom is 0.326 e. The van der Waals surface area contributed by atoms with Crippen molar-refractivity contribution in [2.45, 2.75) is 33.2 Å². The Morgan fingerprint density at radius 3 is 2.58 bits per heavy atom. The monoisotopic (exact) mass is 375 g/mol. The Morgan fingerprint density at radius 1 is 1.42 bits per heavy atom. The summed E-state index contributed by atoms with van der Waals surface area (Å²) in [5.74, 6) is -1.43. The van der Waals surface area contributed by atoms with Crippen LogP contribution >= 0.6 is 22.6 Å². The van der Waals surface area contributed by atoms with Crippen LogP contribution in [0.5, 0.6) is 0 Å². The molecule has 19 heavy (non-hydrogen) atoms. The molecule has 0 spiro atoms. The zero-order valence-corrected chi connectivity index (χ0v) is 13.4. The van der Waals surface area contributed by atoms with Gasteiger partial charge < -0.3 is 10.4 Å². The minimum Gasteiger partial charge on any atom is -0.480 e. The summed E-state index contributed by atoms with van der Waals surface area (Å²) < 4.78 is 0.987. The van der Waals surface area contributed by atoms with Crippen molar-refractivity contribution in [3.05, 3.63) is 32.9 Å². The lowest BCUT2D eigenvalue weighted by Crippen LogP contribution is -2.45. The molecule has 1 amide bonds. The number of carboxylic acid groups (broad SMARTS) is 1. The quantitative estimate of drug-likeness (QED) is 0.778. The lowest BCUT2D eigenvalue weighted by atomic mass is 9.98. The largest absolute Gasteiger partial charge is 0.480 e. The van der Waals surface area contributed by atoms with Crippen molar-refractivity contribution in [2.75, 3.05) is 0 Å². The number of halogens is 1. The van der Waals surface area contributed by atoms with E-state index in [0.29, 0.717) is 12.0 Å². The SMILES string of the molecule is CC[C@H](C)[C@H](NC(=O)c1cccc(I)c1C)C(=O)O. The number of hydrogen-bond donors (Lipinski definition) is 2. The van der Waals surface area contributed by atoms with E-state index in [2.05, 4.69) is 27.9 Å². The Labute approximate surface area is 126 Å². The van der Waals surface area contributed by atoms with E-state index in [1.54, 1.807) is 12.1 Å². The molecule has 0 aliphatic heterocycles. The van der Waals surface area contributed by atoms with Crippen molar-refractivity contribution < 1.29 is 14.7 Å². The molecule has 0 aliphatic rings. The number of rotatable bonds is 5. The van der Waals surface area contributed by atoms with Crippen LogP contribution in [0.15, 0.2) is 18.2 Å². The maximum atomic E-state index is 12.2. The fraction of sp³-hybridized carbons (Fsp3) is 0.429. The van der Waals surface area contributed by atoms with Gasteiger partial charge in [-0.15, -0.1) is 0 Å². The van der Waals surface area contributed by atoms with E-state index < -0.39 is 12.0 Å². The summed E-state index contributed by atoms with van der Waals surface area (Å²) in [4.78, 5) is 23.4. The first-order valence-electron chi connectivity index (χ1n) is 6.17. The van der Waals surface area contributed by atoms with Gasteiger partial charge in [-0.2, -0.15) is 0 Å². The van der Waals surface area contributed by atoms with Gasteiger partial charge in [0.2, 0.25) is 0 Å². The van der Waals surface area contributed by atoms with Crippen LogP contribution < -0.4 is 5.32 Å². The summed E-state index contributed by atoms with van der Waals surface area (Å²) >= 11 is 2.15. The average molecular weight is 375 g/mol. The van der Waals surface area contributed by atoms with Crippen molar-refractivity contribution >= 4 is 34.5 Å². The number of carbonyl (C=O) groups is 2. The first-order valence-corrected chi connectivity index (χ1v) is 7.25. The normalized spacial score (nSPS) is 13.7. The van der Waals surface area contributed by atoms with E-state index in [9.17, 15) is 14.7 Å². The van der Waals surface area contributed by atoms with Gasteiger partial charge in [-0.3, -0.25) is 4.79 Å². The predicted octanol–water partition coefficient (Wildman–Crippen LogP) is 2.83. The second-order valence-corrected chi connectivity index (χ2v) is 5.75. The fourth-order valence-electron chi connectivity index (χ4n) is 1.76. The first kappa shape index (κ1) is 15.9. The second kappa shape index (κ2) is 6.88. The fourth-order valence-corrected chi connectivity index (χ4v) is 2.25. The van der Waals surface area contributed by atoms with Crippen LogP contribution in [0.25, 0.3) is 0 Å². The molecule has 1 rings (SSSR count). The van der Waals surface area contributed by atoms with Crippen LogP contribution in [-0.4, -0.2) is 23.0 Å². The molecule has 0 aromatic heterocycles. The molecule has 0 bridgehead atoms. The Balaban J connectivity index is 2.94. The third-order valence-electron chi connectivity index (χ3n) is 3.28. The average Bonchev–Trinajstić information content (AvgIpc) is 2.37. The molecule has 0 fully saturated rings. The van der Waals surface area contributed by atoms with E-state index >= 15 is 0 Å². The molecule has 4 nitrogen and oxygen atoms in total. The Hall–Kier alpha value is -1.11. The summed E-state index contributed by atoms with van der Waals surface area (Å²) in [6, 6.07) is 4.57. The minimum atomic E-state index is -0.994. The van der Waals surface area contributed by atoms with Gasteiger partial charge in [0.15, 0.2) is 0 Å². The standard InChI is InChI=1S/C14H18INO3/c1-4-8(2)12(14(18)19)16-13(17)10-6-5-7-11(15)9(10)3/h5-8,12H,4H2,1-3H3,(H,16,17)(H,18,19)/t8-,12-/m0/s1. The molecule has 0 unspecified atom stereocenters. The van der Waals surface area contributed by atoms with E-state index in [0.717, 1.165) is 9.13 Å². The van der Waals surface area contributed by atoms with Gasteiger partial charge in [0.1, 0.15) is 6.04 Å². The maximum absolute atomic E-state index is 12.2. The van der Waals surface area contributed by atoms with Gasteiger partial charge in [-0.25, -0.2) is 4.79 Å². The first-order chi connectivity index (χ1) is 8.88. The molecule has 0 aliphatic carbocycles. The molecule has 0 saturated carbocycles. The molecular formula is C14H18INO3. The number of nitrogens with one attached hydrogen (secondary N) is 1. The van der Waals surface area contributed by atoms with Gasteiger partial charge in [0.05, 0.1) is 0 Å². The summed E-state index contributed by atoms with van der Waals surface area (Å²) in [5.41, 5.74) is 1.40. The number of amides is 1. The Kier molecular flexibility index (Phi) is 5.78. The second-order valence-electron chi connectivity index (χ2n) is 4.59. The number of aliphatic carboxylic acids is 1. The molecular weight excluding hydrogens is 357 g/mol. The van der Waals surface area contributed by atoms with Crippen LogP contribution in [-0.2, 0) is 4.79 Å². The summed E-state index contributed by atoms with van der Waals surface area (Å²) in [6.07, 6.45) is 0.697. The van der Waals surface area contributed by atoms with E-state index in [-0.39, 0.29) is 11.8 Å². The van der Waals surface area contributed by atoms with E-state index in [1.807, 2.05) is 26.8 Å². The molecule has 1 aromatic carbocycles. The van der Waals surface area contributed by atoms with Gasteiger partial charge in [0, 0.05) is 9.13 Å². The van der Waals surface area contributed by atoms with Crippen molar-refractivity contribution in [3.63, 3.8) is 0 Å². The number of benzene rings is 1. The molecule has 104 valence electrons. The summed E-state index contributed by atoms with van der Waals surface area (Å²) in [5, 5.41) is 11.8. The van der Waals surface area contributed by atoms with Crippen molar-refractivity contribution in [3.8, 4) is 0 Å². The van der Waals surface area contributed by atoms with Gasteiger partial charge >= 0.3 is 5.97 Å². The lowest BCUT2D eigenvalue weighted by molar-refractivity contribution is -0.140. The van der Waals surface area contributed by atoms with Crippen LogP contribution in [0, 0.1) is 16.4 Å². The molecule has 5 heteroatoms. The highest BCUT2D eigenvalue weighted by Gasteiger charge is 2.26. The third-order valence-corrected chi connectivity index (χ3v) is 4.45. The van der Waals surface area contributed by atoms with Gasteiger partial charge in [0.25, 0.3) is 5.91 Å². The van der Waals surface area contributed by atoms with E-state index in [4.69, 9.17) is 0 Å². The smallest absolute Gasteiger partial charge is 0.326 e. The molecule has 0 radical (unpaired) electrons. The summed E-state index contributed by atoms with van der Waals surface area (Å²) in [7, 11) is 0. The number of hydrogen-bond acceptors (Lipinski definition) is 2. The van der Waals surface area contributed by atoms with Crippen LogP contribution in [0.1, 0.15) is 36.2 Å². The molecule has 0 saturated heterocycles. The van der Waals surface area contributed by atoms with E-state index in [1.165, 1.54) is 0 Å². The molecule has 1 aromatic rings.